The van der Waals surface area contributed by atoms with Crippen LogP contribution in [0.1, 0.15) is 17.2 Å². The molecule has 1 unspecified atom stereocenters. The summed E-state index contributed by atoms with van der Waals surface area (Å²) in [6.07, 6.45) is -0.725. The Morgan fingerprint density at radius 3 is 2.05 bits per heavy atom. The zero-order chi connectivity index (χ0) is 13.8. The third-order valence-electron chi connectivity index (χ3n) is 2.91. The minimum atomic E-state index is -0.725. The molecule has 0 aromatic heterocycles. The normalized spacial score (nSPS) is 12.0. The number of ether oxygens (including phenoxy) is 2. The number of hydrogen-bond acceptors (Lipinski definition) is 3. The molecule has 0 aliphatic carbocycles. The van der Waals surface area contributed by atoms with E-state index in [4.69, 9.17) is 21.1 Å². The van der Waals surface area contributed by atoms with Crippen molar-refractivity contribution >= 4 is 11.6 Å². The molecule has 2 aromatic carbocycles. The van der Waals surface area contributed by atoms with Crippen molar-refractivity contribution < 1.29 is 14.6 Å². The van der Waals surface area contributed by atoms with Gasteiger partial charge < -0.3 is 14.6 Å². The van der Waals surface area contributed by atoms with E-state index in [-0.39, 0.29) is 0 Å². The zero-order valence-corrected chi connectivity index (χ0v) is 11.5. The van der Waals surface area contributed by atoms with E-state index in [1.54, 1.807) is 56.7 Å². The van der Waals surface area contributed by atoms with Crippen LogP contribution in [0, 0.1) is 0 Å². The number of aliphatic hydroxyl groups excluding tert-OH is 1. The molecule has 0 radical (unpaired) electrons. The third-order valence-corrected chi connectivity index (χ3v) is 3.16. The Morgan fingerprint density at radius 1 is 0.895 bits per heavy atom. The molecule has 1 N–H and O–H groups in total. The Kier molecular flexibility index (Phi) is 4.30. The van der Waals surface area contributed by atoms with Gasteiger partial charge in [0.15, 0.2) is 11.5 Å². The Morgan fingerprint density at radius 2 is 1.47 bits per heavy atom. The molecule has 19 heavy (non-hydrogen) atoms. The molecule has 0 aliphatic heterocycles. The molecule has 0 heterocycles. The number of methoxy groups -OCH3 is 2. The van der Waals surface area contributed by atoms with Gasteiger partial charge in [0.1, 0.15) is 6.10 Å². The number of benzene rings is 2. The second-order valence-corrected chi connectivity index (χ2v) is 4.50. The summed E-state index contributed by atoms with van der Waals surface area (Å²) >= 11 is 5.83. The lowest BCUT2D eigenvalue weighted by Crippen LogP contribution is -2.00. The predicted octanol–water partition coefficient (Wildman–Crippen LogP) is 3.44. The summed E-state index contributed by atoms with van der Waals surface area (Å²) in [5.74, 6) is 1.22. The minimum Gasteiger partial charge on any atom is -0.493 e. The van der Waals surface area contributed by atoms with Gasteiger partial charge in [-0.05, 0) is 35.4 Å². The predicted molar refractivity (Wildman–Crippen MR) is 75.1 cm³/mol. The molecule has 0 amide bonds. The van der Waals surface area contributed by atoms with E-state index in [2.05, 4.69) is 0 Å². The SMILES string of the molecule is COc1ccc(C(O)c2ccc(Cl)cc2)cc1OC. The lowest BCUT2D eigenvalue weighted by molar-refractivity contribution is 0.219. The van der Waals surface area contributed by atoms with Crippen LogP contribution in [0.4, 0.5) is 0 Å². The highest BCUT2D eigenvalue weighted by molar-refractivity contribution is 6.30. The molecule has 0 spiro atoms. The van der Waals surface area contributed by atoms with E-state index >= 15 is 0 Å². The molecule has 0 saturated carbocycles. The maximum Gasteiger partial charge on any atom is 0.161 e. The summed E-state index contributed by atoms with van der Waals surface area (Å²) in [7, 11) is 3.14. The molecule has 100 valence electrons. The van der Waals surface area contributed by atoms with Gasteiger partial charge in [-0.1, -0.05) is 29.8 Å². The van der Waals surface area contributed by atoms with E-state index in [9.17, 15) is 5.11 Å². The van der Waals surface area contributed by atoms with Gasteiger partial charge in [0.2, 0.25) is 0 Å². The lowest BCUT2D eigenvalue weighted by Gasteiger charge is -2.14. The average Bonchev–Trinajstić information content (AvgIpc) is 2.46. The topological polar surface area (TPSA) is 38.7 Å². The fourth-order valence-corrected chi connectivity index (χ4v) is 1.99. The fourth-order valence-electron chi connectivity index (χ4n) is 1.86. The minimum absolute atomic E-state index is 0.591. The quantitative estimate of drug-likeness (QED) is 0.931. The van der Waals surface area contributed by atoms with Crippen molar-refractivity contribution in [2.45, 2.75) is 6.10 Å². The standard InChI is InChI=1S/C15H15ClO3/c1-18-13-8-5-11(9-14(13)19-2)15(17)10-3-6-12(16)7-4-10/h3-9,15,17H,1-2H3. The zero-order valence-electron chi connectivity index (χ0n) is 10.8. The highest BCUT2D eigenvalue weighted by Crippen LogP contribution is 2.32. The van der Waals surface area contributed by atoms with Crippen molar-refractivity contribution in [2.24, 2.45) is 0 Å². The van der Waals surface area contributed by atoms with E-state index < -0.39 is 6.10 Å². The van der Waals surface area contributed by atoms with Gasteiger partial charge in [0.05, 0.1) is 14.2 Å². The van der Waals surface area contributed by atoms with Crippen molar-refractivity contribution in [3.8, 4) is 11.5 Å². The summed E-state index contributed by atoms with van der Waals surface area (Å²) < 4.78 is 10.4. The molecule has 3 nitrogen and oxygen atoms in total. The highest BCUT2D eigenvalue weighted by atomic mass is 35.5. The first kappa shape index (κ1) is 13.7. The van der Waals surface area contributed by atoms with E-state index in [0.29, 0.717) is 16.5 Å². The van der Waals surface area contributed by atoms with Crippen LogP contribution in [0.2, 0.25) is 5.02 Å². The fraction of sp³-hybridized carbons (Fsp3) is 0.200. The molecule has 4 heteroatoms. The Hall–Kier alpha value is -1.71. The van der Waals surface area contributed by atoms with E-state index in [0.717, 1.165) is 11.1 Å². The van der Waals surface area contributed by atoms with Gasteiger partial charge in [-0.3, -0.25) is 0 Å². The highest BCUT2D eigenvalue weighted by Gasteiger charge is 2.13. The molecular weight excluding hydrogens is 264 g/mol. The van der Waals surface area contributed by atoms with Crippen LogP contribution < -0.4 is 9.47 Å². The van der Waals surface area contributed by atoms with Crippen molar-refractivity contribution in [2.75, 3.05) is 14.2 Å². The third kappa shape index (κ3) is 3.00. The first-order valence-electron chi connectivity index (χ1n) is 5.81. The van der Waals surface area contributed by atoms with Crippen LogP contribution in [-0.2, 0) is 0 Å². The van der Waals surface area contributed by atoms with Crippen molar-refractivity contribution in [3.63, 3.8) is 0 Å². The van der Waals surface area contributed by atoms with E-state index in [1.807, 2.05) is 0 Å². The summed E-state index contributed by atoms with van der Waals surface area (Å²) in [6.45, 7) is 0. The number of rotatable bonds is 4. The van der Waals surface area contributed by atoms with Crippen molar-refractivity contribution in [1.82, 2.24) is 0 Å². The van der Waals surface area contributed by atoms with Crippen LogP contribution in [0.3, 0.4) is 0 Å². The second-order valence-electron chi connectivity index (χ2n) is 4.07. The largest absolute Gasteiger partial charge is 0.493 e. The van der Waals surface area contributed by atoms with Crippen LogP contribution in [-0.4, -0.2) is 19.3 Å². The molecule has 2 aromatic rings. The van der Waals surface area contributed by atoms with Gasteiger partial charge in [0.25, 0.3) is 0 Å². The smallest absolute Gasteiger partial charge is 0.161 e. The molecule has 0 bridgehead atoms. The maximum atomic E-state index is 10.3. The summed E-state index contributed by atoms with van der Waals surface area (Å²) in [4.78, 5) is 0. The Balaban J connectivity index is 2.33. The van der Waals surface area contributed by atoms with Gasteiger partial charge in [-0.25, -0.2) is 0 Å². The van der Waals surface area contributed by atoms with Crippen molar-refractivity contribution in [3.05, 3.63) is 58.6 Å². The van der Waals surface area contributed by atoms with E-state index in [1.165, 1.54) is 0 Å². The number of hydrogen-bond donors (Lipinski definition) is 1. The van der Waals surface area contributed by atoms with Gasteiger partial charge in [0, 0.05) is 5.02 Å². The van der Waals surface area contributed by atoms with Gasteiger partial charge in [-0.2, -0.15) is 0 Å². The lowest BCUT2D eigenvalue weighted by atomic mass is 10.0. The number of halogens is 1. The van der Waals surface area contributed by atoms with Crippen molar-refractivity contribution in [1.29, 1.82) is 0 Å². The number of aliphatic hydroxyl groups is 1. The molecule has 0 saturated heterocycles. The van der Waals surface area contributed by atoms with Crippen LogP contribution in [0.15, 0.2) is 42.5 Å². The van der Waals surface area contributed by atoms with Crippen LogP contribution in [0.5, 0.6) is 11.5 Å². The summed E-state index contributed by atoms with van der Waals surface area (Å²) in [5.41, 5.74) is 1.51. The first-order valence-corrected chi connectivity index (χ1v) is 6.19. The molecule has 1 atom stereocenters. The van der Waals surface area contributed by atoms with Gasteiger partial charge >= 0.3 is 0 Å². The molecule has 0 fully saturated rings. The van der Waals surface area contributed by atoms with Crippen LogP contribution >= 0.6 is 11.6 Å². The molecule has 2 rings (SSSR count). The monoisotopic (exact) mass is 278 g/mol. The first-order chi connectivity index (χ1) is 9.15. The molecular formula is C15H15ClO3. The summed E-state index contributed by atoms with van der Waals surface area (Å²) in [6, 6.07) is 12.4. The molecule has 0 aliphatic rings. The second kappa shape index (κ2) is 5.95. The summed E-state index contributed by atoms with van der Waals surface area (Å²) in [5, 5.41) is 11.0. The van der Waals surface area contributed by atoms with Gasteiger partial charge in [-0.15, -0.1) is 0 Å². The average molecular weight is 279 g/mol. The Labute approximate surface area is 117 Å². The Bertz CT molecular complexity index is 552. The maximum absolute atomic E-state index is 10.3. The van der Waals surface area contributed by atoms with Crippen LogP contribution in [0.25, 0.3) is 0 Å².